The number of urea groups is 1. The van der Waals surface area contributed by atoms with E-state index in [0.29, 0.717) is 101 Å². The Morgan fingerprint density at radius 3 is 2.09 bits per heavy atom. The summed E-state index contributed by atoms with van der Waals surface area (Å²) in [7, 11) is 4.89. The van der Waals surface area contributed by atoms with Gasteiger partial charge in [-0.1, -0.05) is 35.9 Å². The smallest absolute Gasteiger partial charge is 0.325 e. The van der Waals surface area contributed by atoms with Crippen molar-refractivity contribution in [1.82, 2.24) is 65.1 Å². The van der Waals surface area contributed by atoms with Crippen molar-refractivity contribution >= 4 is 98.2 Å². The third-order valence-electron chi connectivity index (χ3n) is 17.8. The van der Waals surface area contributed by atoms with Crippen molar-refractivity contribution < 1.29 is 57.3 Å². The summed E-state index contributed by atoms with van der Waals surface area (Å²) in [5, 5.41) is 22.7. The van der Waals surface area contributed by atoms with E-state index < -0.39 is 23.7 Å². The molecular weight excluding hydrogens is 1230 g/mol. The van der Waals surface area contributed by atoms with Crippen LogP contribution in [0.1, 0.15) is 91.4 Å². The van der Waals surface area contributed by atoms with Crippen LogP contribution in [-0.4, -0.2) is 228 Å². The normalized spacial score (nSPS) is 16.4. The number of nitrogens with zero attached hydrogens (tertiary/aromatic N) is 11. The lowest BCUT2D eigenvalue weighted by Gasteiger charge is -2.37. The Bertz CT molecular complexity index is 3700. The van der Waals surface area contributed by atoms with Gasteiger partial charge in [-0.05, 0) is 85.9 Å². The highest BCUT2D eigenvalue weighted by atomic mass is 35.5. The number of carbonyl (C=O) groups excluding carboxylic acids is 8. The molecule has 6 N–H and O–H groups in total. The molecule has 0 bridgehead atoms. The van der Waals surface area contributed by atoms with Crippen LogP contribution in [0.25, 0.3) is 32.9 Å². The first-order valence-electron chi connectivity index (χ1n) is 32.1. The molecule has 94 heavy (non-hydrogen) atoms. The molecule has 3 aromatic carbocycles. The second-order valence-corrected chi connectivity index (χ2v) is 24.4. The highest BCUT2D eigenvalue weighted by molar-refractivity contribution is 6.34. The monoisotopic (exact) mass is 1310 g/mol. The van der Waals surface area contributed by atoms with Gasteiger partial charge in [-0.25, -0.2) is 14.8 Å². The minimum Gasteiger partial charge on any atom is -0.468 e. The van der Waals surface area contributed by atoms with E-state index in [1.165, 1.54) is 7.11 Å². The lowest BCUT2D eigenvalue weighted by molar-refractivity contribution is -0.141. The number of likely N-dealkylation sites (N-methyl/N-ethyl adjacent to an activating group) is 1. The molecule has 1 atom stereocenters. The third kappa shape index (κ3) is 17.2. The van der Waals surface area contributed by atoms with E-state index in [9.17, 15) is 38.4 Å². The summed E-state index contributed by atoms with van der Waals surface area (Å²) in [6, 6.07) is 17.7. The van der Waals surface area contributed by atoms with Gasteiger partial charge in [0.05, 0.1) is 94.9 Å². The number of aryl methyl sites for hydroxylation is 1. The number of fused-ring (bicyclic) bond motifs is 2. The summed E-state index contributed by atoms with van der Waals surface area (Å²) in [6.07, 6.45) is 8.29. The Morgan fingerprint density at radius 1 is 0.691 bits per heavy atom. The van der Waals surface area contributed by atoms with Crippen LogP contribution < -0.4 is 31.9 Å². The number of methoxy groups -OCH3 is 1. The molecule has 4 aliphatic rings. The van der Waals surface area contributed by atoms with E-state index in [4.69, 9.17) is 41.6 Å². The lowest BCUT2D eigenvalue weighted by atomic mass is 9.89. The fourth-order valence-electron chi connectivity index (χ4n) is 12.6. The summed E-state index contributed by atoms with van der Waals surface area (Å²) in [5.41, 5.74) is 11.5. The minimum atomic E-state index is -0.691. The van der Waals surface area contributed by atoms with Gasteiger partial charge in [0.1, 0.15) is 18.9 Å². The molecule has 0 aliphatic carbocycles. The van der Waals surface area contributed by atoms with E-state index in [-0.39, 0.29) is 112 Å². The van der Waals surface area contributed by atoms with Crippen LogP contribution in [0.3, 0.4) is 0 Å². The average Bonchev–Trinajstić information content (AvgIpc) is 1.57. The number of anilines is 3. The molecule has 3 aromatic heterocycles. The predicted octanol–water partition coefficient (Wildman–Crippen LogP) is 4.07. The fourth-order valence-corrected chi connectivity index (χ4v) is 12.9. The Balaban J connectivity index is 0.578. The Kier molecular flexibility index (Phi) is 23.3. The Morgan fingerprint density at radius 2 is 1.38 bits per heavy atom. The van der Waals surface area contributed by atoms with Crippen molar-refractivity contribution in [3.63, 3.8) is 0 Å². The van der Waals surface area contributed by atoms with Gasteiger partial charge >= 0.3 is 12.0 Å². The van der Waals surface area contributed by atoms with Crippen molar-refractivity contribution in [1.29, 1.82) is 0 Å². The zero-order valence-electron chi connectivity index (χ0n) is 53.4. The number of nitrogens with one attached hydrogen (secondary N) is 4. The van der Waals surface area contributed by atoms with Crippen LogP contribution in [0.5, 0.6) is 0 Å². The summed E-state index contributed by atoms with van der Waals surface area (Å²) in [4.78, 5) is 120. The first kappa shape index (κ1) is 67.9. The summed E-state index contributed by atoms with van der Waals surface area (Å²) < 4.78 is 24.9. The van der Waals surface area contributed by atoms with Crippen molar-refractivity contribution in [3.05, 3.63) is 89.0 Å². The summed E-state index contributed by atoms with van der Waals surface area (Å²) >= 11 is 6.95. The fraction of sp³-hybridized carbons (Fsp3) is 0.508. The van der Waals surface area contributed by atoms with E-state index in [1.54, 1.807) is 31.6 Å². The molecule has 28 nitrogen and oxygen atoms in total. The van der Waals surface area contributed by atoms with E-state index >= 15 is 0 Å². The standard InChI is InChI=1S/C65H83ClN16O12/c1-76-26-27-81(65(76)90)47-6-5-21-80(40-47)53-37-71-62(63(67)89)64(74-53)73-46-11-9-42(10-12-46)43-15-22-79(23-16-43)58(87)19-28-92-30-32-94-33-31-93-29-20-68-54(83)13-14-57(86)78-24-17-44(18-25-78)61-60-48(49-35-52-45(34-50(49)66)36-72-77(52)2)7-4-8-51(60)82(75-61)41-56(85)69-38-55(84)70-39-59(88)91-3/h4,7-12,34-37,43-44,47H,5-6,13-33,38-41H2,1-3H3,(H2,67,89)(H,68,83)(H,69,85)(H,70,84)(H,73,74)/t47-/m1/s1. The van der Waals surface area contributed by atoms with Gasteiger partial charge in [0, 0.05) is 119 Å². The van der Waals surface area contributed by atoms with Gasteiger partial charge in [-0.3, -0.25) is 42.9 Å². The van der Waals surface area contributed by atoms with Crippen molar-refractivity contribution in [2.75, 3.05) is 136 Å². The van der Waals surface area contributed by atoms with Crippen LogP contribution in [0.2, 0.25) is 5.02 Å². The second kappa shape index (κ2) is 32.2. The molecule has 7 heterocycles. The number of rotatable bonds is 29. The molecule has 8 amide bonds. The number of amides is 8. The van der Waals surface area contributed by atoms with Crippen molar-refractivity contribution in [2.24, 2.45) is 12.8 Å². The number of aromatic nitrogens is 6. The number of primary amides is 1. The van der Waals surface area contributed by atoms with Crippen molar-refractivity contribution in [2.45, 2.75) is 82.2 Å². The molecule has 0 saturated carbocycles. The molecule has 29 heteroatoms. The quantitative estimate of drug-likeness (QED) is 0.0326. The van der Waals surface area contributed by atoms with Gasteiger partial charge in [0.2, 0.25) is 29.5 Å². The molecule has 10 rings (SSSR count). The molecule has 4 saturated heterocycles. The van der Waals surface area contributed by atoms with Crippen LogP contribution in [0.15, 0.2) is 67.0 Å². The number of nitrogens with two attached hydrogens (primary N) is 1. The van der Waals surface area contributed by atoms with Gasteiger partial charge < -0.3 is 70.4 Å². The van der Waals surface area contributed by atoms with Gasteiger partial charge in [-0.2, -0.15) is 10.2 Å². The lowest BCUT2D eigenvalue weighted by Crippen LogP contribution is -2.49. The molecule has 0 spiro atoms. The minimum absolute atomic E-state index is 0.0267. The first-order chi connectivity index (χ1) is 45.5. The Labute approximate surface area is 549 Å². The van der Waals surface area contributed by atoms with E-state index in [2.05, 4.69) is 53.1 Å². The van der Waals surface area contributed by atoms with Crippen molar-refractivity contribution in [3.8, 4) is 11.1 Å². The Hall–Kier alpha value is -8.99. The largest absolute Gasteiger partial charge is 0.468 e. The van der Waals surface area contributed by atoms with Gasteiger partial charge in [0.15, 0.2) is 11.5 Å². The molecule has 0 radical (unpaired) electrons. The molecule has 0 unspecified atom stereocenters. The number of hydrogen-bond donors (Lipinski definition) is 5. The number of esters is 1. The van der Waals surface area contributed by atoms with Gasteiger partial charge in [-0.15, -0.1) is 0 Å². The molecule has 6 aromatic rings. The maximum Gasteiger partial charge on any atom is 0.325 e. The number of ether oxygens (including phenoxy) is 4. The average molecular weight is 1320 g/mol. The summed E-state index contributed by atoms with van der Waals surface area (Å²) in [6.45, 7) is 6.21. The first-order valence-corrected chi connectivity index (χ1v) is 32.5. The van der Waals surface area contributed by atoms with Gasteiger partial charge in [0.25, 0.3) is 5.91 Å². The molecule has 4 aliphatic heterocycles. The number of carbonyl (C=O) groups is 8. The molecule has 502 valence electrons. The zero-order chi connectivity index (χ0) is 66.3. The zero-order valence-corrected chi connectivity index (χ0v) is 54.2. The molecular formula is C65H83ClN16O12. The number of hydrogen-bond acceptors (Lipinski definition) is 18. The topological polar surface area (TPSA) is 325 Å². The highest BCUT2D eigenvalue weighted by Crippen LogP contribution is 2.42. The third-order valence-corrected chi connectivity index (χ3v) is 18.1. The second-order valence-electron chi connectivity index (χ2n) is 24.0. The number of halogens is 1. The van der Waals surface area contributed by atoms with E-state index in [0.717, 1.165) is 76.6 Å². The van der Waals surface area contributed by atoms with Crippen LogP contribution in [0.4, 0.5) is 22.1 Å². The number of likely N-dealkylation sites (tertiary alicyclic amines) is 2. The predicted molar refractivity (Wildman–Crippen MR) is 349 cm³/mol. The van der Waals surface area contributed by atoms with Crippen LogP contribution in [0, 0.1) is 0 Å². The van der Waals surface area contributed by atoms with E-state index in [1.807, 2.05) is 66.4 Å². The maximum absolute atomic E-state index is 13.4. The molecule has 4 fully saturated rings. The number of benzene rings is 3. The highest BCUT2D eigenvalue weighted by Gasteiger charge is 2.36. The van der Waals surface area contributed by atoms with Crippen LogP contribution >= 0.6 is 11.6 Å². The van der Waals surface area contributed by atoms with Crippen LogP contribution in [-0.2, 0) is 61.3 Å². The summed E-state index contributed by atoms with van der Waals surface area (Å²) in [5.74, 6) is -1.60. The SMILES string of the molecule is COC(=O)CNC(=O)CNC(=O)Cn1nc(C2CCN(C(=O)CCC(=O)NCCOCCOCCOCCC(=O)N3CCC(c4ccc(Nc5nc(N6CCC[C@@H](N7CCN(C)C7=O)C6)cnc5C(N)=O)cc4)CC3)CC2)c2c(-c3cc4c(cnn4C)cc3Cl)cccc21. The maximum atomic E-state index is 13.4. The number of piperidine rings is 3.